The second-order valence-corrected chi connectivity index (χ2v) is 4.74. The highest BCUT2D eigenvalue weighted by Gasteiger charge is 2.05. The third kappa shape index (κ3) is 3.20. The van der Waals surface area contributed by atoms with Gasteiger partial charge in [-0.15, -0.1) is 16.7 Å². The Balaban J connectivity index is 2.08. The molecule has 0 saturated heterocycles. The van der Waals surface area contributed by atoms with Crippen LogP contribution in [0.5, 0.6) is 5.75 Å². The molecule has 4 nitrogen and oxygen atoms in total. The van der Waals surface area contributed by atoms with E-state index in [0.29, 0.717) is 12.5 Å². The molecule has 0 radical (unpaired) electrons. The van der Waals surface area contributed by atoms with Crippen molar-refractivity contribution in [3.05, 3.63) is 40.1 Å². The fraction of sp³-hybridized carbons (Fsp3) is 0.273. The van der Waals surface area contributed by atoms with Crippen molar-refractivity contribution in [2.75, 3.05) is 0 Å². The van der Waals surface area contributed by atoms with Crippen LogP contribution in [0.4, 0.5) is 0 Å². The first kappa shape index (κ1) is 12.4. The van der Waals surface area contributed by atoms with Crippen LogP contribution >= 0.6 is 27.5 Å². The van der Waals surface area contributed by atoms with Crippen molar-refractivity contribution in [2.24, 2.45) is 7.05 Å². The molecule has 0 atom stereocenters. The topological polar surface area (TPSA) is 39.9 Å². The number of alkyl halides is 1. The van der Waals surface area contributed by atoms with Crippen LogP contribution in [0.15, 0.2) is 28.9 Å². The van der Waals surface area contributed by atoms with Crippen LogP contribution in [-0.4, -0.2) is 15.0 Å². The van der Waals surface area contributed by atoms with E-state index in [1.54, 1.807) is 4.68 Å². The minimum Gasteiger partial charge on any atom is -0.487 e. The lowest BCUT2D eigenvalue weighted by Crippen LogP contribution is -1.98. The number of aromatic nitrogens is 3. The van der Waals surface area contributed by atoms with Gasteiger partial charge in [0.25, 0.3) is 0 Å². The van der Waals surface area contributed by atoms with Gasteiger partial charge in [-0.05, 0) is 18.2 Å². The highest BCUT2D eigenvalue weighted by atomic mass is 79.9. The molecule has 0 amide bonds. The Kier molecular flexibility index (Phi) is 4.02. The summed E-state index contributed by atoms with van der Waals surface area (Å²) in [6.45, 7) is 0.388. The van der Waals surface area contributed by atoms with Crippen molar-refractivity contribution in [1.82, 2.24) is 15.0 Å². The number of ether oxygens (including phenoxy) is 1. The minimum absolute atomic E-state index is 0.388. The molecule has 0 N–H and O–H groups in total. The summed E-state index contributed by atoms with van der Waals surface area (Å²) in [5.74, 6) is 1.18. The fourth-order valence-corrected chi connectivity index (χ4v) is 2.02. The van der Waals surface area contributed by atoms with Crippen LogP contribution in [0, 0.1) is 0 Å². The van der Waals surface area contributed by atoms with E-state index in [1.165, 1.54) is 0 Å². The smallest absolute Gasteiger partial charge is 0.134 e. The van der Waals surface area contributed by atoms with Gasteiger partial charge in [0.1, 0.15) is 18.1 Å². The third-order valence-corrected chi connectivity index (χ3v) is 2.97. The standard InChI is InChI=1S/C11H11BrClN3O/c1-16-6-10(14-15-16)7-17-11-3-2-9(12)4-8(11)5-13/h2-4,6H,5,7H2,1H3. The molecule has 2 aromatic rings. The number of hydrogen-bond acceptors (Lipinski definition) is 3. The Bertz CT molecular complexity index is 515. The molecule has 0 aliphatic heterocycles. The van der Waals surface area contributed by atoms with Gasteiger partial charge in [-0.2, -0.15) is 0 Å². The quantitative estimate of drug-likeness (QED) is 0.814. The van der Waals surface area contributed by atoms with Crippen molar-refractivity contribution in [3.8, 4) is 5.75 Å². The summed E-state index contributed by atoms with van der Waals surface area (Å²) in [6, 6.07) is 5.75. The number of aryl methyl sites for hydroxylation is 1. The second-order valence-electron chi connectivity index (χ2n) is 3.56. The highest BCUT2D eigenvalue weighted by molar-refractivity contribution is 9.10. The molecule has 0 unspecified atom stereocenters. The third-order valence-electron chi connectivity index (χ3n) is 2.19. The molecule has 0 spiro atoms. The monoisotopic (exact) mass is 315 g/mol. The Labute approximate surface area is 113 Å². The molecular weight excluding hydrogens is 305 g/mol. The average Bonchev–Trinajstić information content (AvgIpc) is 2.73. The Morgan fingerprint density at radius 2 is 2.29 bits per heavy atom. The van der Waals surface area contributed by atoms with Crippen molar-refractivity contribution < 1.29 is 4.74 Å². The molecule has 17 heavy (non-hydrogen) atoms. The number of hydrogen-bond donors (Lipinski definition) is 0. The second kappa shape index (κ2) is 5.51. The van der Waals surface area contributed by atoms with E-state index in [9.17, 15) is 0 Å². The minimum atomic E-state index is 0.388. The highest BCUT2D eigenvalue weighted by Crippen LogP contribution is 2.25. The predicted octanol–water partition coefficient (Wildman–Crippen LogP) is 2.90. The Morgan fingerprint density at radius 3 is 2.94 bits per heavy atom. The number of benzene rings is 1. The summed E-state index contributed by atoms with van der Waals surface area (Å²) in [5.41, 5.74) is 1.74. The molecule has 0 saturated carbocycles. The van der Waals surface area contributed by atoms with Crippen molar-refractivity contribution in [2.45, 2.75) is 12.5 Å². The summed E-state index contributed by atoms with van der Waals surface area (Å²) < 4.78 is 8.29. The molecule has 0 aliphatic rings. The maximum atomic E-state index is 5.86. The normalized spacial score (nSPS) is 10.5. The fourth-order valence-electron chi connectivity index (χ4n) is 1.41. The van der Waals surface area contributed by atoms with Crippen LogP contribution in [0.25, 0.3) is 0 Å². The van der Waals surface area contributed by atoms with E-state index in [-0.39, 0.29) is 0 Å². The van der Waals surface area contributed by atoms with Gasteiger partial charge >= 0.3 is 0 Å². The summed E-state index contributed by atoms with van der Waals surface area (Å²) in [7, 11) is 1.82. The largest absolute Gasteiger partial charge is 0.487 e. The average molecular weight is 317 g/mol. The molecule has 1 aromatic heterocycles. The molecule has 1 heterocycles. The zero-order valence-corrected chi connectivity index (χ0v) is 11.6. The Morgan fingerprint density at radius 1 is 1.47 bits per heavy atom. The van der Waals surface area contributed by atoms with E-state index in [2.05, 4.69) is 26.2 Å². The van der Waals surface area contributed by atoms with Gasteiger partial charge in [0.15, 0.2) is 0 Å². The van der Waals surface area contributed by atoms with Crippen LogP contribution in [0.1, 0.15) is 11.3 Å². The summed E-state index contributed by atoms with van der Waals surface area (Å²) in [6.07, 6.45) is 1.82. The first-order valence-electron chi connectivity index (χ1n) is 5.01. The van der Waals surface area contributed by atoms with Crippen LogP contribution in [0.2, 0.25) is 0 Å². The van der Waals surface area contributed by atoms with E-state index >= 15 is 0 Å². The van der Waals surface area contributed by atoms with Gasteiger partial charge in [-0.25, -0.2) is 0 Å². The van der Waals surface area contributed by atoms with E-state index in [4.69, 9.17) is 16.3 Å². The van der Waals surface area contributed by atoms with Gasteiger partial charge in [0.05, 0.1) is 12.1 Å². The van der Waals surface area contributed by atoms with Crippen molar-refractivity contribution in [3.63, 3.8) is 0 Å². The van der Waals surface area contributed by atoms with Crippen molar-refractivity contribution >= 4 is 27.5 Å². The molecule has 0 fully saturated rings. The number of nitrogens with zero attached hydrogens (tertiary/aromatic N) is 3. The number of rotatable bonds is 4. The van der Waals surface area contributed by atoms with Gasteiger partial charge in [0.2, 0.25) is 0 Å². The molecule has 6 heteroatoms. The molecule has 1 aromatic carbocycles. The zero-order chi connectivity index (χ0) is 12.3. The maximum Gasteiger partial charge on any atom is 0.134 e. The van der Waals surface area contributed by atoms with Gasteiger partial charge in [-0.1, -0.05) is 21.1 Å². The van der Waals surface area contributed by atoms with E-state index in [0.717, 1.165) is 21.5 Å². The van der Waals surface area contributed by atoms with Gasteiger partial charge in [-0.3, -0.25) is 4.68 Å². The van der Waals surface area contributed by atoms with Crippen LogP contribution < -0.4 is 4.74 Å². The molecule has 90 valence electrons. The first-order valence-corrected chi connectivity index (χ1v) is 6.34. The Hall–Kier alpha value is -1.07. The van der Waals surface area contributed by atoms with Gasteiger partial charge < -0.3 is 4.74 Å². The SMILES string of the molecule is Cn1cc(COc2ccc(Br)cc2CCl)nn1. The van der Waals surface area contributed by atoms with Crippen molar-refractivity contribution in [1.29, 1.82) is 0 Å². The summed E-state index contributed by atoms with van der Waals surface area (Å²) in [5, 5.41) is 7.79. The lowest BCUT2D eigenvalue weighted by Gasteiger charge is -2.08. The predicted molar refractivity (Wildman–Crippen MR) is 69.0 cm³/mol. The van der Waals surface area contributed by atoms with Crippen LogP contribution in [0.3, 0.4) is 0 Å². The van der Waals surface area contributed by atoms with Gasteiger partial charge in [0, 0.05) is 17.1 Å². The lowest BCUT2D eigenvalue weighted by molar-refractivity contribution is 0.298. The molecule has 0 aliphatic carbocycles. The zero-order valence-electron chi connectivity index (χ0n) is 9.23. The van der Waals surface area contributed by atoms with E-state index < -0.39 is 0 Å². The lowest BCUT2D eigenvalue weighted by atomic mass is 10.2. The number of halogens is 2. The van der Waals surface area contributed by atoms with Crippen LogP contribution in [-0.2, 0) is 19.5 Å². The summed E-state index contributed by atoms with van der Waals surface area (Å²) >= 11 is 9.25. The first-order chi connectivity index (χ1) is 8.19. The maximum absolute atomic E-state index is 5.86. The molecular formula is C11H11BrClN3O. The van der Waals surface area contributed by atoms with E-state index in [1.807, 2.05) is 31.4 Å². The molecule has 0 bridgehead atoms. The summed E-state index contributed by atoms with van der Waals surface area (Å²) in [4.78, 5) is 0. The molecule has 2 rings (SSSR count).